The highest BCUT2D eigenvalue weighted by Gasteiger charge is 2.35. The maximum Gasteiger partial charge on any atom is 0.312 e. The fraction of sp³-hybridized carbons (Fsp3) is 0.571. The standard InChI is InChI=1S/C14H19NO4/c1-8-4-9-10(15-12(16)5-13(17)18)6-14(2,3)7-11(9)19-8/h4,10H,5-7H2,1-3H3,(H,15,16)(H,17,18). The molecule has 0 aliphatic heterocycles. The summed E-state index contributed by atoms with van der Waals surface area (Å²) >= 11 is 0. The first kappa shape index (κ1) is 13.6. The number of furan rings is 1. The quantitative estimate of drug-likeness (QED) is 0.821. The first-order valence-corrected chi connectivity index (χ1v) is 6.37. The van der Waals surface area contributed by atoms with Gasteiger partial charge in [-0.05, 0) is 24.8 Å². The number of carbonyl (C=O) groups is 2. The van der Waals surface area contributed by atoms with E-state index in [0.29, 0.717) is 0 Å². The zero-order valence-electron chi connectivity index (χ0n) is 11.4. The lowest BCUT2D eigenvalue weighted by molar-refractivity contribution is -0.140. The summed E-state index contributed by atoms with van der Waals surface area (Å²) in [4.78, 5) is 22.2. The van der Waals surface area contributed by atoms with Crippen LogP contribution in [0.5, 0.6) is 0 Å². The van der Waals surface area contributed by atoms with Crippen molar-refractivity contribution in [3.8, 4) is 0 Å². The Morgan fingerprint density at radius 1 is 1.53 bits per heavy atom. The third-order valence-corrected chi connectivity index (χ3v) is 3.38. The second-order valence-electron chi connectivity index (χ2n) is 5.97. The van der Waals surface area contributed by atoms with E-state index in [1.165, 1.54) is 0 Å². The highest BCUT2D eigenvalue weighted by Crippen LogP contribution is 2.41. The minimum Gasteiger partial charge on any atom is -0.481 e. The van der Waals surface area contributed by atoms with Gasteiger partial charge in [-0.15, -0.1) is 0 Å². The van der Waals surface area contributed by atoms with Crippen LogP contribution in [-0.2, 0) is 16.0 Å². The fourth-order valence-electron chi connectivity index (χ4n) is 2.70. The van der Waals surface area contributed by atoms with Crippen LogP contribution >= 0.6 is 0 Å². The van der Waals surface area contributed by atoms with Crippen LogP contribution in [0.2, 0.25) is 0 Å². The fourth-order valence-corrected chi connectivity index (χ4v) is 2.70. The Labute approximate surface area is 112 Å². The lowest BCUT2D eigenvalue weighted by Gasteiger charge is -2.34. The summed E-state index contributed by atoms with van der Waals surface area (Å²) in [7, 11) is 0. The summed E-state index contributed by atoms with van der Waals surface area (Å²) in [5.41, 5.74) is 1.01. The molecule has 0 bridgehead atoms. The molecule has 1 aromatic heterocycles. The third kappa shape index (κ3) is 3.16. The minimum absolute atomic E-state index is 0.0263. The summed E-state index contributed by atoms with van der Waals surface area (Å²) < 4.78 is 5.67. The molecule has 0 saturated carbocycles. The predicted octanol–water partition coefficient (Wildman–Crippen LogP) is 2.19. The SMILES string of the molecule is Cc1cc2c(o1)CC(C)(C)CC2NC(=O)CC(=O)O. The Balaban J connectivity index is 2.20. The van der Waals surface area contributed by atoms with Crippen LogP contribution in [0, 0.1) is 12.3 Å². The molecule has 1 unspecified atom stereocenters. The third-order valence-electron chi connectivity index (χ3n) is 3.38. The van der Waals surface area contributed by atoms with Gasteiger partial charge in [-0.3, -0.25) is 9.59 Å². The van der Waals surface area contributed by atoms with E-state index in [2.05, 4.69) is 19.2 Å². The van der Waals surface area contributed by atoms with Crippen molar-refractivity contribution in [1.82, 2.24) is 5.32 Å². The summed E-state index contributed by atoms with van der Waals surface area (Å²) in [6.45, 7) is 6.11. The number of amides is 1. The number of carbonyl (C=O) groups excluding carboxylic acids is 1. The first-order valence-electron chi connectivity index (χ1n) is 6.37. The van der Waals surface area contributed by atoms with Crippen LogP contribution < -0.4 is 5.32 Å². The molecule has 19 heavy (non-hydrogen) atoms. The summed E-state index contributed by atoms with van der Waals surface area (Å²) in [6.07, 6.45) is 1.12. The molecule has 1 atom stereocenters. The van der Waals surface area contributed by atoms with Crippen molar-refractivity contribution in [1.29, 1.82) is 0 Å². The van der Waals surface area contributed by atoms with E-state index < -0.39 is 18.3 Å². The summed E-state index contributed by atoms with van der Waals surface area (Å²) in [6, 6.07) is 1.76. The van der Waals surface area contributed by atoms with E-state index in [1.807, 2.05) is 13.0 Å². The van der Waals surface area contributed by atoms with Gasteiger partial charge in [-0.2, -0.15) is 0 Å². The van der Waals surface area contributed by atoms with Crippen LogP contribution in [-0.4, -0.2) is 17.0 Å². The van der Waals surface area contributed by atoms with Gasteiger partial charge in [-0.1, -0.05) is 13.8 Å². The number of nitrogens with one attached hydrogen (secondary N) is 1. The topological polar surface area (TPSA) is 79.5 Å². The van der Waals surface area contributed by atoms with Gasteiger partial charge in [0, 0.05) is 12.0 Å². The largest absolute Gasteiger partial charge is 0.481 e. The van der Waals surface area contributed by atoms with Gasteiger partial charge in [0.05, 0.1) is 6.04 Å². The van der Waals surface area contributed by atoms with Crippen LogP contribution in [0.3, 0.4) is 0 Å². The maximum absolute atomic E-state index is 11.6. The Morgan fingerprint density at radius 3 is 2.84 bits per heavy atom. The summed E-state index contributed by atoms with van der Waals surface area (Å²) in [5.74, 6) is 0.144. The molecule has 1 amide bonds. The van der Waals surface area contributed by atoms with E-state index in [9.17, 15) is 9.59 Å². The van der Waals surface area contributed by atoms with Gasteiger partial charge in [0.15, 0.2) is 0 Å². The molecule has 1 aromatic rings. The van der Waals surface area contributed by atoms with Crippen LogP contribution in [0.4, 0.5) is 0 Å². The zero-order chi connectivity index (χ0) is 14.2. The highest BCUT2D eigenvalue weighted by molar-refractivity contribution is 5.93. The lowest BCUT2D eigenvalue weighted by Crippen LogP contribution is -2.36. The number of aryl methyl sites for hydroxylation is 1. The number of hydrogen-bond acceptors (Lipinski definition) is 3. The van der Waals surface area contributed by atoms with Crippen LogP contribution in [0.1, 0.15) is 49.8 Å². The Hall–Kier alpha value is -1.78. The lowest BCUT2D eigenvalue weighted by atomic mass is 9.74. The molecular weight excluding hydrogens is 246 g/mol. The van der Waals surface area contributed by atoms with Gasteiger partial charge >= 0.3 is 5.97 Å². The van der Waals surface area contributed by atoms with Crippen molar-refractivity contribution < 1.29 is 19.1 Å². The van der Waals surface area contributed by atoms with Crippen molar-refractivity contribution in [3.05, 3.63) is 23.2 Å². The predicted molar refractivity (Wildman–Crippen MR) is 68.7 cm³/mol. The summed E-state index contributed by atoms with van der Waals surface area (Å²) in [5, 5.41) is 11.4. The zero-order valence-corrected chi connectivity index (χ0v) is 11.4. The molecule has 2 rings (SSSR count). The Kier molecular flexibility index (Phi) is 3.39. The Bertz CT molecular complexity index is 516. The molecule has 1 aliphatic carbocycles. The van der Waals surface area contributed by atoms with Crippen LogP contribution in [0.15, 0.2) is 10.5 Å². The molecular formula is C14H19NO4. The molecule has 0 radical (unpaired) electrons. The molecule has 0 aromatic carbocycles. The van der Waals surface area contributed by atoms with Gasteiger partial charge in [0.1, 0.15) is 17.9 Å². The van der Waals surface area contributed by atoms with E-state index >= 15 is 0 Å². The molecule has 5 nitrogen and oxygen atoms in total. The number of carboxylic acid groups (broad SMARTS) is 1. The molecule has 1 heterocycles. The van der Waals surface area contributed by atoms with Crippen LogP contribution in [0.25, 0.3) is 0 Å². The van der Waals surface area contributed by atoms with E-state index in [0.717, 1.165) is 29.9 Å². The average Bonchev–Trinajstić information content (AvgIpc) is 2.55. The van der Waals surface area contributed by atoms with Crippen molar-refractivity contribution in [2.75, 3.05) is 0 Å². The monoisotopic (exact) mass is 265 g/mol. The van der Waals surface area contributed by atoms with Crippen molar-refractivity contribution in [3.63, 3.8) is 0 Å². The van der Waals surface area contributed by atoms with E-state index in [4.69, 9.17) is 9.52 Å². The second kappa shape index (κ2) is 4.72. The van der Waals surface area contributed by atoms with Crippen molar-refractivity contribution >= 4 is 11.9 Å². The second-order valence-corrected chi connectivity index (χ2v) is 5.97. The Morgan fingerprint density at radius 2 is 2.21 bits per heavy atom. The smallest absolute Gasteiger partial charge is 0.312 e. The van der Waals surface area contributed by atoms with Gasteiger partial charge in [-0.25, -0.2) is 0 Å². The van der Waals surface area contributed by atoms with E-state index in [1.54, 1.807) is 0 Å². The molecule has 0 fully saturated rings. The normalized spacial score (nSPS) is 20.7. The molecule has 1 aliphatic rings. The first-order chi connectivity index (χ1) is 8.77. The molecule has 0 spiro atoms. The number of carboxylic acids is 1. The van der Waals surface area contributed by atoms with Gasteiger partial charge in [0.2, 0.25) is 5.91 Å². The highest BCUT2D eigenvalue weighted by atomic mass is 16.4. The number of fused-ring (bicyclic) bond motifs is 1. The van der Waals surface area contributed by atoms with Crippen molar-refractivity contribution in [2.24, 2.45) is 5.41 Å². The molecule has 5 heteroatoms. The van der Waals surface area contributed by atoms with Gasteiger partial charge in [0.25, 0.3) is 0 Å². The number of aliphatic carboxylic acids is 1. The van der Waals surface area contributed by atoms with E-state index in [-0.39, 0.29) is 11.5 Å². The maximum atomic E-state index is 11.6. The van der Waals surface area contributed by atoms with Crippen molar-refractivity contribution in [2.45, 2.75) is 46.1 Å². The van der Waals surface area contributed by atoms with Gasteiger partial charge < -0.3 is 14.8 Å². The minimum atomic E-state index is -1.11. The molecule has 0 saturated heterocycles. The molecule has 104 valence electrons. The average molecular weight is 265 g/mol. The number of hydrogen-bond donors (Lipinski definition) is 2. The molecule has 2 N–H and O–H groups in total. The number of rotatable bonds is 3.